The van der Waals surface area contributed by atoms with Gasteiger partial charge in [0.15, 0.2) is 0 Å². The molecule has 0 atom stereocenters. The third-order valence-electron chi connectivity index (χ3n) is 2.70. The van der Waals surface area contributed by atoms with Gasteiger partial charge in [-0.25, -0.2) is 0 Å². The Hall–Kier alpha value is -0.860. The molecule has 2 heteroatoms. The lowest BCUT2D eigenvalue weighted by Crippen LogP contribution is -2.29. The second-order valence-corrected chi connectivity index (χ2v) is 4.38. The Morgan fingerprint density at radius 1 is 1.29 bits per heavy atom. The van der Waals surface area contributed by atoms with E-state index in [-0.39, 0.29) is 0 Å². The van der Waals surface area contributed by atoms with E-state index in [0.29, 0.717) is 5.92 Å². The molecule has 0 aromatic heterocycles. The van der Waals surface area contributed by atoms with Gasteiger partial charge in [-0.2, -0.15) is 0 Å². The lowest BCUT2D eigenvalue weighted by atomic mass is 9.86. The Morgan fingerprint density at radius 3 is 2.43 bits per heavy atom. The van der Waals surface area contributed by atoms with E-state index in [4.69, 9.17) is 4.74 Å². The molecule has 76 valence electrons. The van der Waals surface area contributed by atoms with Crippen molar-refractivity contribution >= 4 is 0 Å². The van der Waals surface area contributed by atoms with Crippen molar-refractivity contribution in [2.45, 2.75) is 25.4 Å². The van der Waals surface area contributed by atoms with Crippen LogP contribution in [0.3, 0.4) is 0 Å². The zero-order valence-corrected chi connectivity index (χ0v) is 8.66. The third-order valence-corrected chi connectivity index (χ3v) is 2.70. The van der Waals surface area contributed by atoms with E-state index in [2.05, 4.69) is 6.07 Å². The normalized spacial score (nSPS) is 17.9. The van der Waals surface area contributed by atoms with Gasteiger partial charge in [-0.3, -0.25) is 0 Å². The molecular weight excluding hydrogens is 176 g/mol. The summed E-state index contributed by atoms with van der Waals surface area (Å²) in [6.07, 6.45) is 0. The summed E-state index contributed by atoms with van der Waals surface area (Å²) in [5.74, 6) is 0.470. The fourth-order valence-corrected chi connectivity index (χ4v) is 1.83. The first kappa shape index (κ1) is 9.69. The van der Waals surface area contributed by atoms with E-state index in [1.165, 1.54) is 5.56 Å². The van der Waals surface area contributed by atoms with Crippen LogP contribution in [-0.2, 0) is 10.3 Å². The largest absolute Gasteiger partial charge is 0.386 e. The molecule has 0 amide bonds. The number of rotatable bonds is 2. The monoisotopic (exact) mass is 192 g/mol. The van der Waals surface area contributed by atoms with Crippen molar-refractivity contribution in [1.29, 1.82) is 0 Å². The van der Waals surface area contributed by atoms with Gasteiger partial charge in [0.25, 0.3) is 0 Å². The molecule has 1 fully saturated rings. The van der Waals surface area contributed by atoms with Crippen LogP contribution in [-0.4, -0.2) is 18.3 Å². The lowest BCUT2D eigenvalue weighted by molar-refractivity contribution is 0.00505. The minimum Gasteiger partial charge on any atom is -0.386 e. The maximum Gasteiger partial charge on any atom is 0.0843 e. The number of ether oxygens (including phenoxy) is 1. The van der Waals surface area contributed by atoms with Crippen molar-refractivity contribution in [3.63, 3.8) is 0 Å². The zero-order chi connectivity index (χ0) is 10.2. The molecule has 2 nitrogen and oxygen atoms in total. The van der Waals surface area contributed by atoms with Gasteiger partial charge in [0.1, 0.15) is 0 Å². The Balaban J connectivity index is 2.38. The van der Waals surface area contributed by atoms with Gasteiger partial charge >= 0.3 is 0 Å². The van der Waals surface area contributed by atoms with Crippen LogP contribution in [0, 0.1) is 0 Å². The van der Waals surface area contributed by atoms with E-state index < -0.39 is 5.60 Å². The van der Waals surface area contributed by atoms with Gasteiger partial charge in [0.2, 0.25) is 0 Å². The van der Waals surface area contributed by atoms with E-state index in [1.807, 2.05) is 32.0 Å². The van der Waals surface area contributed by atoms with Gasteiger partial charge in [-0.15, -0.1) is 0 Å². The van der Waals surface area contributed by atoms with Gasteiger partial charge in [0, 0.05) is 5.92 Å². The molecule has 1 aliphatic rings. The average Bonchev–Trinajstić information content (AvgIpc) is 2.00. The summed E-state index contributed by atoms with van der Waals surface area (Å²) in [5.41, 5.74) is 1.49. The molecule has 14 heavy (non-hydrogen) atoms. The summed E-state index contributed by atoms with van der Waals surface area (Å²) < 4.78 is 5.18. The predicted molar refractivity (Wildman–Crippen MR) is 55.2 cm³/mol. The first-order valence-electron chi connectivity index (χ1n) is 4.98. The van der Waals surface area contributed by atoms with Gasteiger partial charge in [-0.05, 0) is 25.0 Å². The molecule has 1 N–H and O–H groups in total. The lowest BCUT2D eigenvalue weighted by Gasteiger charge is -2.31. The fourth-order valence-electron chi connectivity index (χ4n) is 1.83. The topological polar surface area (TPSA) is 29.5 Å². The van der Waals surface area contributed by atoms with Crippen LogP contribution < -0.4 is 0 Å². The van der Waals surface area contributed by atoms with Crippen molar-refractivity contribution in [1.82, 2.24) is 0 Å². The quantitative estimate of drug-likeness (QED) is 0.777. The first-order chi connectivity index (χ1) is 6.59. The van der Waals surface area contributed by atoms with E-state index in [1.54, 1.807) is 0 Å². The molecule has 1 aliphatic heterocycles. The standard InChI is InChI=1S/C12H16O2/c1-12(2,13)11-6-4-3-5-10(11)9-7-14-8-9/h3-6,9,13H,7-8H2,1-2H3. The number of hydrogen-bond acceptors (Lipinski definition) is 2. The number of aliphatic hydroxyl groups is 1. The van der Waals surface area contributed by atoms with Crippen LogP contribution in [0.5, 0.6) is 0 Å². The van der Waals surface area contributed by atoms with Crippen molar-refractivity contribution in [2.24, 2.45) is 0 Å². The molecule has 2 rings (SSSR count). The minimum absolute atomic E-state index is 0.470. The van der Waals surface area contributed by atoms with E-state index in [9.17, 15) is 5.11 Å². The highest BCUT2D eigenvalue weighted by Gasteiger charge is 2.27. The third kappa shape index (κ3) is 1.68. The maximum absolute atomic E-state index is 10.00. The van der Waals surface area contributed by atoms with Crippen LogP contribution in [0.15, 0.2) is 24.3 Å². The van der Waals surface area contributed by atoms with Gasteiger partial charge in [-0.1, -0.05) is 24.3 Å². The molecular formula is C12H16O2. The van der Waals surface area contributed by atoms with E-state index in [0.717, 1.165) is 18.8 Å². The summed E-state index contributed by atoms with van der Waals surface area (Å²) in [5, 5.41) is 10.00. The summed E-state index contributed by atoms with van der Waals surface area (Å²) >= 11 is 0. The number of hydrogen-bond donors (Lipinski definition) is 1. The summed E-state index contributed by atoms with van der Waals surface area (Å²) in [4.78, 5) is 0. The zero-order valence-electron chi connectivity index (χ0n) is 8.66. The van der Waals surface area contributed by atoms with Gasteiger partial charge in [0.05, 0.1) is 18.8 Å². The maximum atomic E-state index is 10.00. The molecule has 1 aromatic rings. The smallest absolute Gasteiger partial charge is 0.0843 e. The van der Waals surface area contributed by atoms with Crippen LogP contribution >= 0.6 is 0 Å². The summed E-state index contributed by atoms with van der Waals surface area (Å²) in [6.45, 7) is 5.22. The van der Waals surface area contributed by atoms with Crippen molar-refractivity contribution < 1.29 is 9.84 Å². The minimum atomic E-state index is -0.758. The predicted octanol–water partition coefficient (Wildman–Crippen LogP) is 2.03. The molecule has 0 radical (unpaired) electrons. The van der Waals surface area contributed by atoms with Crippen molar-refractivity contribution in [2.75, 3.05) is 13.2 Å². The van der Waals surface area contributed by atoms with E-state index >= 15 is 0 Å². The molecule has 1 heterocycles. The van der Waals surface area contributed by atoms with Crippen LogP contribution in [0.25, 0.3) is 0 Å². The molecule has 0 saturated carbocycles. The molecule has 0 unspecified atom stereocenters. The van der Waals surface area contributed by atoms with Crippen LogP contribution in [0.2, 0.25) is 0 Å². The Kier molecular flexibility index (Phi) is 2.33. The highest BCUT2D eigenvalue weighted by molar-refractivity contribution is 5.35. The summed E-state index contributed by atoms with van der Waals surface area (Å²) in [6, 6.07) is 8.06. The van der Waals surface area contributed by atoms with Crippen LogP contribution in [0.4, 0.5) is 0 Å². The highest BCUT2D eigenvalue weighted by atomic mass is 16.5. The average molecular weight is 192 g/mol. The highest BCUT2D eigenvalue weighted by Crippen LogP contribution is 2.32. The second kappa shape index (κ2) is 3.37. The molecule has 1 saturated heterocycles. The fraction of sp³-hybridized carbons (Fsp3) is 0.500. The Morgan fingerprint density at radius 2 is 1.93 bits per heavy atom. The second-order valence-electron chi connectivity index (χ2n) is 4.38. The Labute approximate surface area is 84.5 Å². The molecule has 0 spiro atoms. The Bertz CT molecular complexity index is 321. The van der Waals surface area contributed by atoms with Crippen molar-refractivity contribution in [3.05, 3.63) is 35.4 Å². The van der Waals surface area contributed by atoms with Crippen molar-refractivity contribution in [3.8, 4) is 0 Å². The SMILES string of the molecule is CC(C)(O)c1ccccc1C1COC1. The number of benzene rings is 1. The van der Waals surface area contributed by atoms with Gasteiger partial charge < -0.3 is 9.84 Å². The molecule has 1 aromatic carbocycles. The van der Waals surface area contributed by atoms with Crippen LogP contribution in [0.1, 0.15) is 30.9 Å². The first-order valence-corrected chi connectivity index (χ1v) is 4.98. The molecule has 0 bridgehead atoms. The molecule has 0 aliphatic carbocycles. The summed E-state index contributed by atoms with van der Waals surface area (Å²) in [7, 11) is 0.